The molecule has 0 aromatic carbocycles. The van der Waals surface area contributed by atoms with Crippen molar-refractivity contribution in [3.05, 3.63) is 0 Å². The standard InChI is InChI=1S/C5H11F5Si2/c1-2-3-11(6,7)4-5-12(8,9)10/h2-5H2,1H3. The number of rotatable bonds is 5. The van der Waals surface area contributed by atoms with Gasteiger partial charge in [0.05, 0.1) is 0 Å². The lowest BCUT2D eigenvalue weighted by molar-refractivity contribution is 0.466. The van der Waals surface area contributed by atoms with Crippen molar-refractivity contribution in [2.24, 2.45) is 0 Å². The third-order valence-corrected chi connectivity index (χ3v) is 4.92. The van der Waals surface area contributed by atoms with Crippen LogP contribution in [0.1, 0.15) is 13.3 Å². The fraction of sp³-hybridized carbons (Fsp3) is 1.00. The van der Waals surface area contributed by atoms with Gasteiger partial charge in [-0.3, -0.25) is 8.22 Å². The molecule has 0 rings (SSSR count). The van der Waals surface area contributed by atoms with Gasteiger partial charge in [-0.15, -0.1) is 0 Å². The summed E-state index contributed by atoms with van der Waals surface area (Å²) in [5.74, 6) is 0. The van der Waals surface area contributed by atoms with Crippen molar-refractivity contribution in [1.82, 2.24) is 0 Å². The smallest absolute Gasteiger partial charge is 0.270 e. The van der Waals surface area contributed by atoms with E-state index in [0.717, 1.165) is 0 Å². The van der Waals surface area contributed by atoms with E-state index in [9.17, 15) is 20.5 Å². The number of hydrogen-bond donors (Lipinski definition) is 0. The van der Waals surface area contributed by atoms with Gasteiger partial charge in [-0.2, -0.15) is 0 Å². The Hall–Kier alpha value is 0.0838. The predicted molar refractivity (Wildman–Crippen MR) is 41.8 cm³/mol. The Bertz CT molecular complexity index is 132. The Morgan fingerprint density at radius 1 is 0.833 bits per heavy atom. The van der Waals surface area contributed by atoms with Crippen molar-refractivity contribution in [2.75, 3.05) is 0 Å². The molecule has 74 valence electrons. The van der Waals surface area contributed by atoms with Crippen LogP contribution in [0.25, 0.3) is 0 Å². The van der Waals surface area contributed by atoms with Crippen molar-refractivity contribution >= 4 is 17.8 Å². The first-order valence-electron chi connectivity index (χ1n) is 3.71. The largest absolute Gasteiger partial charge is 0.615 e. The van der Waals surface area contributed by atoms with Crippen LogP contribution < -0.4 is 0 Å². The van der Waals surface area contributed by atoms with E-state index in [4.69, 9.17) is 0 Å². The van der Waals surface area contributed by atoms with Gasteiger partial charge in [-0.25, -0.2) is 12.3 Å². The molecule has 0 aromatic heterocycles. The van der Waals surface area contributed by atoms with E-state index in [2.05, 4.69) is 0 Å². The minimum atomic E-state index is -5.74. The highest BCUT2D eigenvalue weighted by atomic mass is 28.5. The first-order chi connectivity index (χ1) is 5.27. The summed E-state index contributed by atoms with van der Waals surface area (Å²) < 4.78 is 60.2. The molecule has 0 spiro atoms. The molecule has 0 fully saturated rings. The van der Waals surface area contributed by atoms with Crippen molar-refractivity contribution in [2.45, 2.75) is 31.5 Å². The normalized spacial score (nSPS) is 13.5. The van der Waals surface area contributed by atoms with Crippen LogP contribution in [0.2, 0.25) is 18.1 Å². The molecule has 0 heterocycles. The topological polar surface area (TPSA) is 0 Å². The highest BCUT2D eigenvalue weighted by molar-refractivity contribution is 6.69. The van der Waals surface area contributed by atoms with E-state index in [1.807, 2.05) is 0 Å². The van der Waals surface area contributed by atoms with Gasteiger partial charge in [-0.1, -0.05) is 13.3 Å². The molecule has 0 atom stereocenters. The minimum Gasteiger partial charge on any atom is -0.270 e. The molecule has 0 aliphatic carbocycles. The molecule has 0 unspecified atom stereocenters. The predicted octanol–water partition coefficient (Wildman–Crippen LogP) is 3.63. The van der Waals surface area contributed by atoms with Crippen LogP contribution in [0.15, 0.2) is 0 Å². The summed E-state index contributed by atoms with van der Waals surface area (Å²) >= 11 is 0. The quantitative estimate of drug-likeness (QED) is 0.378. The monoisotopic (exact) mass is 222 g/mol. The minimum absolute atomic E-state index is 0.276. The average molecular weight is 222 g/mol. The summed E-state index contributed by atoms with van der Waals surface area (Å²) in [5, 5.41) is 0. The highest BCUT2D eigenvalue weighted by Gasteiger charge is 2.43. The maximum Gasteiger partial charge on any atom is 0.615 e. The second-order valence-corrected chi connectivity index (χ2v) is 7.16. The highest BCUT2D eigenvalue weighted by Crippen LogP contribution is 2.28. The lowest BCUT2D eigenvalue weighted by Gasteiger charge is -2.11. The second kappa shape index (κ2) is 4.36. The molecular weight excluding hydrogens is 211 g/mol. The van der Waals surface area contributed by atoms with Gasteiger partial charge < -0.3 is 0 Å². The van der Waals surface area contributed by atoms with E-state index in [1.54, 1.807) is 6.92 Å². The number of halogens is 5. The Labute approximate surface area is 70.7 Å². The Balaban J connectivity index is 3.75. The average Bonchev–Trinajstić information content (AvgIpc) is 1.83. The summed E-state index contributed by atoms with van der Waals surface area (Å²) in [6, 6.07) is -2.40. The zero-order valence-corrected chi connectivity index (χ0v) is 8.72. The summed E-state index contributed by atoms with van der Waals surface area (Å²) in [7, 11) is -10.2. The van der Waals surface area contributed by atoms with Gasteiger partial charge in [0.15, 0.2) is 0 Å². The molecule has 0 radical (unpaired) electrons. The maximum absolute atomic E-state index is 12.6. The van der Waals surface area contributed by atoms with Gasteiger partial charge in [0, 0.05) is 12.1 Å². The first-order valence-corrected chi connectivity index (χ1v) is 7.72. The third-order valence-electron chi connectivity index (χ3n) is 1.39. The molecule has 0 bridgehead atoms. The van der Waals surface area contributed by atoms with Gasteiger partial charge in [0.2, 0.25) is 0 Å². The fourth-order valence-corrected chi connectivity index (χ4v) is 4.39. The maximum atomic E-state index is 12.6. The van der Waals surface area contributed by atoms with Gasteiger partial charge in [-0.05, 0) is 6.04 Å². The molecule has 0 nitrogen and oxygen atoms in total. The molecule has 12 heavy (non-hydrogen) atoms. The van der Waals surface area contributed by atoms with Crippen LogP contribution in [-0.4, -0.2) is 17.8 Å². The van der Waals surface area contributed by atoms with E-state index in [0.29, 0.717) is 0 Å². The lowest BCUT2D eigenvalue weighted by Crippen LogP contribution is -2.26. The first kappa shape index (κ1) is 12.1. The summed E-state index contributed by atoms with van der Waals surface area (Å²) in [6.45, 7) is 1.56. The molecule has 0 aromatic rings. The lowest BCUT2D eigenvalue weighted by atomic mass is 10.6. The van der Waals surface area contributed by atoms with Crippen LogP contribution in [0.3, 0.4) is 0 Å². The van der Waals surface area contributed by atoms with E-state index in [-0.39, 0.29) is 12.5 Å². The van der Waals surface area contributed by atoms with Gasteiger partial charge in [0.1, 0.15) is 0 Å². The second-order valence-electron chi connectivity index (χ2n) is 2.72. The molecule has 7 heteroatoms. The molecule has 0 aliphatic rings. The van der Waals surface area contributed by atoms with Gasteiger partial charge >= 0.3 is 17.8 Å². The van der Waals surface area contributed by atoms with Crippen molar-refractivity contribution in [3.63, 3.8) is 0 Å². The van der Waals surface area contributed by atoms with Crippen LogP contribution in [0.5, 0.6) is 0 Å². The molecule has 0 saturated heterocycles. The SMILES string of the molecule is CCC[Si](F)(F)CC[Si](F)(F)F. The van der Waals surface area contributed by atoms with Crippen LogP contribution >= 0.6 is 0 Å². The zero-order valence-electron chi connectivity index (χ0n) is 6.72. The Morgan fingerprint density at radius 2 is 1.33 bits per heavy atom. The van der Waals surface area contributed by atoms with Crippen molar-refractivity contribution in [3.8, 4) is 0 Å². The Kier molecular flexibility index (Phi) is 4.39. The summed E-state index contributed by atoms with van der Waals surface area (Å²) in [5.41, 5.74) is 0. The van der Waals surface area contributed by atoms with Crippen LogP contribution in [-0.2, 0) is 0 Å². The Morgan fingerprint density at radius 3 is 1.67 bits per heavy atom. The third kappa shape index (κ3) is 6.77. The molecule has 0 aliphatic heterocycles. The molecular formula is C5H11F5Si2. The molecule has 0 N–H and O–H groups in total. The van der Waals surface area contributed by atoms with E-state index < -0.39 is 29.9 Å². The van der Waals surface area contributed by atoms with Crippen LogP contribution in [0.4, 0.5) is 20.5 Å². The zero-order chi connectivity index (χ0) is 9.83. The van der Waals surface area contributed by atoms with Crippen molar-refractivity contribution in [1.29, 1.82) is 0 Å². The molecule has 0 amide bonds. The van der Waals surface area contributed by atoms with Crippen LogP contribution in [0, 0.1) is 0 Å². The van der Waals surface area contributed by atoms with Gasteiger partial charge in [0.25, 0.3) is 0 Å². The fourth-order valence-electron chi connectivity index (χ4n) is 0.815. The van der Waals surface area contributed by atoms with E-state index in [1.165, 1.54) is 0 Å². The number of hydrogen-bond acceptors (Lipinski definition) is 0. The van der Waals surface area contributed by atoms with E-state index >= 15 is 0 Å². The van der Waals surface area contributed by atoms with Crippen molar-refractivity contribution < 1.29 is 20.5 Å². The molecule has 0 saturated carbocycles. The summed E-state index contributed by atoms with van der Waals surface area (Å²) in [4.78, 5) is 0. The summed E-state index contributed by atoms with van der Waals surface area (Å²) in [6.07, 6.45) is 0.276.